The molecule has 0 saturated heterocycles. The van der Waals surface area contributed by atoms with Crippen LogP contribution in [0.25, 0.3) is 0 Å². The zero-order chi connectivity index (χ0) is 17.3. The minimum atomic E-state index is -1.10. The molecule has 6 heteroatoms. The number of amides is 1. The molecule has 24 heavy (non-hydrogen) atoms. The second-order valence-electron chi connectivity index (χ2n) is 5.46. The molecule has 1 heterocycles. The number of hydrogen-bond acceptors (Lipinski definition) is 4. The van der Waals surface area contributed by atoms with Crippen LogP contribution in [0, 0.1) is 0 Å². The number of fused-ring (bicyclic) bond motifs is 1. The maximum absolute atomic E-state index is 12.7. The number of ether oxygens (including phenoxy) is 2. The highest BCUT2D eigenvalue weighted by atomic mass is 16.5. The lowest BCUT2D eigenvalue weighted by molar-refractivity contribution is 0.0681. The summed E-state index contributed by atoms with van der Waals surface area (Å²) in [4.78, 5) is 25.6. The molecular weight excluding hydrogens is 310 g/mol. The van der Waals surface area contributed by atoms with Crippen molar-refractivity contribution < 1.29 is 24.2 Å². The number of carbonyl (C=O) groups excluding carboxylic acids is 1. The van der Waals surface area contributed by atoms with Gasteiger partial charge in [0.05, 0.1) is 31.9 Å². The van der Waals surface area contributed by atoms with Gasteiger partial charge in [-0.3, -0.25) is 4.79 Å². The van der Waals surface area contributed by atoms with Crippen LogP contribution < -0.4 is 9.47 Å². The summed E-state index contributed by atoms with van der Waals surface area (Å²) in [5.41, 5.74) is 1.83. The first-order chi connectivity index (χ1) is 11.6. The van der Waals surface area contributed by atoms with E-state index in [1.807, 2.05) is 12.1 Å². The fraction of sp³-hybridized carbons (Fsp3) is 0.222. The highest BCUT2D eigenvalue weighted by Gasteiger charge is 2.32. The zero-order valence-electron chi connectivity index (χ0n) is 13.4. The van der Waals surface area contributed by atoms with Crippen molar-refractivity contribution in [3.8, 4) is 11.5 Å². The van der Waals surface area contributed by atoms with Gasteiger partial charge in [-0.1, -0.05) is 24.3 Å². The van der Waals surface area contributed by atoms with Gasteiger partial charge in [0, 0.05) is 12.1 Å². The molecule has 0 spiro atoms. The molecular formula is C18H17NO5. The number of benzene rings is 2. The maximum atomic E-state index is 12.7. The highest BCUT2D eigenvalue weighted by molar-refractivity contribution is 6.07. The molecule has 1 N–H and O–H groups in total. The van der Waals surface area contributed by atoms with Crippen molar-refractivity contribution >= 4 is 11.9 Å². The van der Waals surface area contributed by atoms with Gasteiger partial charge >= 0.3 is 5.97 Å². The monoisotopic (exact) mass is 327 g/mol. The molecule has 0 atom stereocenters. The van der Waals surface area contributed by atoms with Gasteiger partial charge in [-0.05, 0) is 17.7 Å². The summed E-state index contributed by atoms with van der Waals surface area (Å²) in [6.45, 7) is 0.683. The van der Waals surface area contributed by atoms with Gasteiger partial charge in [0.1, 0.15) is 0 Å². The summed E-state index contributed by atoms with van der Waals surface area (Å²) in [5, 5.41) is 9.29. The molecule has 2 aromatic rings. The molecule has 3 rings (SSSR count). The number of carbonyl (C=O) groups is 2. The van der Waals surface area contributed by atoms with Crippen LogP contribution >= 0.6 is 0 Å². The first-order valence-corrected chi connectivity index (χ1v) is 7.41. The van der Waals surface area contributed by atoms with Gasteiger partial charge in [0.25, 0.3) is 5.91 Å². The quantitative estimate of drug-likeness (QED) is 0.913. The summed E-state index contributed by atoms with van der Waals surface area (Å²) in [6.07, 6.45) is 0. The van der Waals surface area contributed by atoms with E-state index in [0.717, 1.165) is 11.1 Å². The maximum Gasteiger partial charge on any atom is 0.336 e. The van der Waals surface area contributed by atoms with Crippen LogP contribution in [-0.2, 0) is 13.1 Å². The molecule has 0 radical (unpaired) electrons. The van der Waals surface area contributed by atoms with Gasteiger partial charge in [-0.15, -0.1) is 0 Å². The van der Waals surface area contributed by atoms with Crippen LogP contribution in [0.4, 0.5) is 0 Å². The fourth-order valence-corrected chi connectivity index (χ4v) is 3.01. The lowest BCUT2D eigenvalue weighted by Gasteiger charge is -2.19. The summed E-state index contributed by atoms with van der Waals surface area (Å²) in [5.74, 6) is -0.221. The molecule has 124 valence electrons. The van der Waals surface area contributed by atoms with E-state index in [2.05, 4.69) is 0 Å². The number of hydrogen-bond donors (Lipinski definition) is 1. The Bertz CT molecular complexity index is 815. The Morgan fingerprint density at radius 3 is 2.58 bits per heavy atom. The number of para-hydroxylation sites is 1. The number of carboxylic acids is 1. The second kappa shape index (κ2) is 6.23. The Labute approximate surface area is 139 Å². The van der Waals surface area contributed by atoms with E-state index in [4.69, 9.17) is 9.47 Å². The van der Waals surface area contributed by atoms with Crippen molar-refractivity contribution in [1.82, 2.24) is 4.90 Å². The molecule has 2 aromatic carbocycles. The van der Waals surface area contributed by atoms with Crippen LogP contribution in [-0.4, -0.2) is 36.1 Å². The number of methoxy groups -OCH3 is 2. The third-order valence-corrected chi connectivity index (χ3v) is 4.09. The summed E-state index contributed by atoms with van der Waals surface area (Å²) < 4.78 is 10.7. The third kappa shape index (κ3) is 2.56. The minimum Gasteiger partial charge on any atom is -0.493 e. The van der Waals surface area contributed by atoms with E-state index in [1.54, 1.807) is 37.3 Å². The Morgan fingerprint density at radius 2 is 1.92 bits per heavy atom. The lowest BCUT2D eigenvalue weighted by atomic mass is 10.0. The van der Waals surface area contributed by atoms with Crippen molar-refractivity contribution in [2.45, 2.75) is 13.1 Å². The molecule has 1 amide bonds. The molecule has 0 aromatic heterocycles. The first kappa shape index (κ1) is 15.9. The highest BCUT2D eigenvalue weighted by Crippen LogP contribution is 2.34. The summed E-state index contributed by atoms with van der Waals surface area (Å²) in [7, 11) is 3.10. The third-order valence-electron chi connectivity index (χ3n) is 4.09. The molecule has 1 aliphatic heterocycles. The average molecular weight is 327 g/mol. The van der Waals surface area contributed by atoms with E-state index >= 15 is 0 Å². The van der Waals surface area contributed by atoms with E-state index in [1.165, 1.54) is 6.07 Å². The van der Waals surface area contributed by atoms with Crippen LogP contribution in [0.2, 0.25) is 0 Å². The Hall–Kier alpha value is -3.02. The summed E-state index contributed by atoms with van der Waals surface area (Å²) >= 11 is 0. The number of rotatable bonds is 5. The molecule has 1 aliphatic rings. The predicted octanol–water partition coefficient (Wildman–Crippen LogP) is 2.56. The van der Waals surface area contributed by atoms with Crippen molar-refractivity contribution in [2.75, 3.05) is 14.2 Å². The Balaban J connectivity index is 1.93. The SMILES string of the molecule is COc1cccc(CN2Cc3cccc(C(=O)O)c3C2=O)c1OC. The number of carboxylic acid groups (broad SMARTS) is 1. The van der Waals surface area contributed by atoms with Gasteiger partial charge in [-0.25, -0.2) is 4.79 Å². The molecule has 0 unspecified atom stereocenters. The topological polar surface area (TPSA) is 76.1 Å². The summed E-state index contributed by atoms with van der Waals surface area (Å²) in [6, 6.07) is 10.4. The van der Waals surface area contributed by atoms with Crippen molar-refractivity contribution in [3.05, 3.63) is 58.7 Å². The minimum absolute atomic E-state index is 0.0395. The largest absolute Gasteiger partial charge is 0.493 e. The van der Waals surface area contributed by atoms with Crippen LogP contribution in [0.1, 0.15) is 31.8 Å². The van der Waals surface area contributed by atoms with Crippen LogP contribution in [0.3, 0.4) is 0 Å². The van der Waals surface area contributed by atoms with Gasteiger partial charge in [-0.2, -0.15) is 0 Å². The average Bonchev–Trinajstić information content (AvgIpc) is 2.90. The van der Waals surface area contributed by atoms with Crippen molar-refractivity contribution in [2.24, 2.45) is 0 Å². The van der Waals surface area contributed by atoms with Crippen molar-refractivity contribution in [1.29, 1.82) is 0 Å². The lowest BCUT2D eigenvalue weighted by Crippen LogP contribution is -2.24. The normalized spacial score (nSPS) is 12.9. The molecule has 6 nitrogen and oxygen atoms in total. The smallest absolute Gasteiger partial charge is 0.336 e. The number of nitrogens with zero attached hydrogens (tertiary/aromatic N) is 1. The molecule has 0 bridgehead atoms. The van der Waals surface area contributed by atoms with E-state index in [-0.39, 0.29) is 17.0 Å². The fourth-order valence-electron chi connectivity index (χ4n) is 3.01. The first-order valence-electron chi connectivity index (χ1n) is 7.41. The Morgan fingerprint density at radius 1 is 1.17 bits per heavy atom. The van der Waals surface area contributed by atoms with E-state index in [9.17, 15) is 14.7 Å². The van der Waals surface area contributed by atoms with E-state index < -0.39 is 5.97 Å². The van der Waals surface area contributed by atoms with Crippen molar-refractivity contribution in [3.63, 3.8) is 0 Å². The zero-order valence-corrected chi connectivity index (χ0v) is 13.4. The standard InChI is InChI=1S/C18H17NO5/c1-23-14-8-4-6-12(16(14)24-2)10-19-9-11-5-3-7-13(18(21)22)15(11)17(19)20/h3-8H,9-10H2,1-2H3,(H,21,22). The van der Waals surface area contributed by atoms with Gasteiger partial charge in [0.2, 0.25) is 0 Å². The molecule has 0 aliphatic carbocycles. The molecule has 0 fully saturated rings. The van der Waals surface area contributed by atoms with E-state index in [0.29, 0.717) is 24.6 Å². The van der Waals surface area contributed by atoms with Crippen LogP contribution in [0.15, 0.2) is 36.4 Å². The second-order valence-corrected chi connectivity index (χ2v) is 5.46. The van der Waals surface area contributed by atoms with Gasteiger partial charge < -0.3 is 19.5 Å². The van der Waals surface area contributed by atoms with Gasteiger partial charge in [0.15, 0.2) is 11.5 Å². The Kier molecular flexibility index (Phi) is 4.12. The predicted molar refractivity (Wildman–Crippen MR) is 86.5 cm³/mol. The molecule has 0 saturated carbocycles. The number of aromatic carboxylic acids is 1. The van der Waals surface area contributed by atoms with Crippen LogP contribution in [0.5, 0.6) is 11.5 Å².